The lowest BCUT2D eigenvalue weighted by atomic mass is 9.83. The average Bonchev–Trinajstić information content (AvgIpc) is 2.68. The Bertz CT molecular complexity index is 1170. The van der Waals surface area contributed by atoms with Gasteiger partial charge in [0.15, 0.2) is 17.3 Å². The molecule has 0 spiro atoms. The van der Waals surface area contributed by atoms with Gasteiger partial charge in [0, 0.05) is 34.1 Å². The number of nitrogens with zero attached hydrogens (tertiary/aromatic N) is 1. The number of phenols is 2. The lowest BCUT2D eigenvalue weighted by Crippen LogP contribution is -2.21. The van der Waals surface area contributed by atoms with Gasteiger partial charge in [0.25, 0.3) is 0 Å². The Morgan fingerprint density at radius 2 is 1.50 bits per heavy atom. The lowest BCUT2D eigenvalue weighted by Gasteiger charge is -2.19. The maximum atomic E-state index is 12.9. The number of hydrogen-bond acceptors (Lipinski definition) is 7. The van der Waals surface area contributed by atoms with Crippen molar-refractivity contribution in [1.82, 2.24) is 0 Å². The quantitative estimate of drug-likeness (QED) is 0.283. The fourth-order valence-electron chi connectivity index (χ4n) is 3.17. The van der Waals surface area contributed by atoms with Gasteiger partial charge in [-0.1, -0.05) is 18.2 Å². The molecule has 3 N–H and O–H groups in total. The third-order valence-corrected chi connectivity index (χ3v) is 4.49. The van der Waals surface area contributed by atoms with E-state index in [4.69, 9.17) is 0 Å². The third-order valence-electron chi connectivity index (χ3n) is 4.49. The molecule has 4 rings (SSSR count). The molecule has 8 nitrogen and oxygen atoms in total. The van der Waals surface area contributed by atoms with Gasteiger partial charge in [0.05, 0.1) is 10.5 Å². The van der Waals surface area contributed by atoms with Gasteiger partial charge in [0.1, 0.15) is 0 Å². The number of hydrogen-bond donors (Lipinski definition) is 3. The van der Waals surface area contributed by atoms with Gasteiger partial charge in [-0.3, -0.25) is 19.7 Å². The Morgan fingerprint density at radius 1 is 0.786 bits per heavy atom. The molecule has 0 aliphatic heterocycles. The summed E-state index contributed by atoms with van der Waals surface area (Å²) in [6, 6.07) is 14.5. The zero-order chi connectivity index (χ0) is 20.0. The topological polar surface area (TPSA) is 130 Å². The highest BCUT2D eigenvalue weighted by molar-refractivity contribution is 6.30. The van der Waals surface area contributed by atoms with Gasteiger partial charge in [-0.05, 0) is 30.3 Å². The molecule has 8 heteroatoms. The third kappa shape index (κ3) is 2.55. The van der Waals surface area contributed by atoms with Crippen molar-refractivity contribution in [2.45, 2.75) is 0 Å². The number of nitro benzene ring substituents is 1. The van der Waals surface area contributed by atoms with Crippen LogP contribution in [0.3, 0.4) is 0 Å². The van der Waals surface area contributed by atoms with Gasteiger partial charge in [0.2, 0.25) is 5.75 Å². The molecule has 0 radical (unpaired) electrons. The number of ketones is 2. The monoisotopic (exact) mass is 376 g/mol. The second-order valence-electron chi connectivity index (χ2n) is 6.18. The normalized spacial score (nSPS) is 12.3. The molecular weight excluding hydrogens is 364 g/mol. The number of benzene rings is 3. The Balaban J connectivity index is 1.84. The summed E-state index contributed by atoms with van der Waals surface area (Å²) in [7, 11) is 0. The molecule has 0 fully saturated rings. The number of nitro groups is 1. The lowest BCUT2D eigenvalue weighted by molar-refractivity contribution is -0.386. The predicted molar refractivity (Wildman–Crippen MR) is 99.5 cm³/mol. The van der Waals surface area contributed by atoms with Crippen LogP contribution in [0.5, 0.6) is 11.5 Å². The van der Waals surface area contributed by atoms with Crippen LogP contribution in [0, 0.1) is 10.1 Å². The van der Waals surface area contributed by atoms with Crippen LogP contribution < -0.4 is 5.32 Å². The van der Waals surface area contributed by atoms with E-state index in [2.05, 4.69) is 5.32 Å². The molecule has 0 aromatic heterocycles. The Labute approximate surface area is 157 Å². The van der Waals surface area contributed by atoms with Crippen molar-refractivity contribution in [3.63, 3.8) is 0 Å². The summed E-state index contributed by atoms with van der Waals surface area (Å²) in [6.45, 7) is 0. The molecule has 3 aromatic rings. The minimum atomic E-state index is -1.05. The van der Waals surface area contributed by atoms with E-state index >= 15 is 0 Å². The second kappa shape index (κ2) is 6.20. The van der Waals surface area contributed by atoms with Crippen LogP contribution in [0.1, 0.15) is 31.8 Å². The number of para-hydroxylation sites is 1. The first-order chi connectivity index (χ1) is 13.4. The molecule has 0 atom stereocenters. The first-order valence-corrected chi connectivity index (χ1v) is 8.17. The van der Waals surface area contributed by atoms with E-state index in [1.165, 1.54) is 12.1 Å². The van der Waals surface area contributed by atoms with Crippen LogP contribution in [0.15, 0.2) is 54.6 Å². The number of rotatable bonds is 3. The largest absolute Gasteiger partial charge is 0.504 e. The summed E-state index contributed by atoms with van der Waals surface area (Å²) in [4.78, 5) is 35.8. The molecule has 3 aromatic carbocycles. The van der Waals surface area contributed by atoms with Gasteiger partial charge in [-0.25, -0.2) is 0 Å². The van der Waals surface area contributed by atoms with E-state index in [9.17, 15) is 29.9 Å². The molecule has 0 saturated carbocycles. The molecule has 0 saturated heterocycles. The molecule has 0 heterocycles. The summed E-state index contributed by atoms with van der Waals surface area (Å²) in [5.41, 5.74) is -0.199. The zero-order valence-corrected chi connectivity index (χ0v) is 14.2. The zero-order valence-electron chi connectivity index (χ0n) is 14.2. The van der Waals surface area contributed by atoms with Crippen LogP contribution in [-0.4, -0.2) is 26.7 Å². The van der Waals surface area contributed by atoms with Crippen molar-refractivity contribution in [2.24, 2.45) is 0 Å². The Hall–Kier alpha value is -4.20. The number of anilines is 2. The highest BCUT2D eigenvalue weighted by Crippen LogP contribution is 2.44. The number of nitrogens with one attached hydrogen (secondary N) is 1. The average molecular weight is 376 g/mol. The fraction of sp³-hybridized carbons (Fsp3) is 0. The van der Waals surface area contributed by atoms with Crippen molar-refractivity contribution >= 4 is 28.6 Å². The first kappa shape index (κ1) is 17.2. The molecule has 0 unspecified atom stereocenters. The minimum Gasteiger partial charge on any atom is -0.504 e. The van der Waals surface area contributed by atoms with Crippen LogP contribution in [0.4, 0.5) is 17.1 Å². The maximum absolute atomic E-state index is 12.9. The number of carbonyl (C=O) groups excluding carboxylic acids is 2. The molecule has 0 amide bonds. The van der Waals surface area contributed by atoms with E-state index in [1.807, 2.05) is 30.3 Å². The minimum absolute atomic E-state index is 0.0296. The summed E-state index contributed by atoms with van der Waals surface area (Å²) in [5, 5.41) is 34.1. The maximum Gasteiger partial charge on any atom is 0.315 e. The van der Waals surface area contributed by atoms with Gasteiger partial charge < -0.3 is 15.5 Å². The van der Waals surface area contributed by atoms with Crippen molar-refractivity contribution in [3.8, 4) is 11.5 Å². The highest BCUT2D eigenvalue weighted by atomic mass is 16.6. The van der Waals surface area contributed by atoms with Crippen molar-refractivity contribution in [2.75, 3.05) is 5.32 Å². The molecule has 1 aliphatic rings. The summed E-state index contributed by atoms with van der Waals surface area (Å²) < 4.78 is 0. The van der Waals surface area contributed by atoms with Gasteiger partial charge >= 0.3 is 5.69 Å². The first-order valence-electron chi connectivity index (χ1n) is 8.17. The van der Waals surface area contributed by atoms with Crippen molar-refractivity contribution in [3.05, 3.63) is 87.0 Å². The Morgan fingerprint density at radius 3 is 2.18 bits per heavy atom. The predicted octanol–water partition coefficient (Wildman–Crippen LogP) is 3.53. The number of carbonyl (C=O) groups is 2. The van der Waals surface area contributed by atoms with Crippen LogP contribution in [0.2, 0.25) is 0 Å². The molecule has 138 valence electrons. The van der Waals surface area contributed by atoms with Crippen molar-refractivity contribution in [1.29, 1.82) is 0 Å². The van der Waals surface area contributed by atoms with Crippen LogP contribution >= 0.6 is 0 Å². The van der Waals surface area contributed by atoms with Crippen LogP contribution in [-0.2, 0) is 0 Å². The molecule has 0 bridgehead atoms. The number of phenolic OH excluding ortho intramolecular Hbond substituents is 2. The fourth-order valence-corrected chi connectivity index (χ4v) is 3.17. The van der Waals surface area contributed by atoms with Gasteiger partial charge in [-0.15, -0.1) is 0 Å². The van der Waals surface area contributed by atoms with E-state index in [1.54, 1.807) is 6.07 Å². The van der Waals surface area contributed by atoms with E-state index in [0.29, 0.717) is 5.69 Å². The highest BCUT2D eigenvalue weighted by Gasteiger charge is 2.37. The van der Waals surface area contributed by atoms with Gasteiger partial charge in [-0.2, -0.15) is 0 Å². The van der Waals surface area contributed by atoms with E-state index in [-0.39, 0.29) is 16.7 Å². The molecule has 28 heavy (non-hydrogen) atoms. The van der Waals surface area contributed by atoms with Crippen LogP contribution in [0.25, 0.3) is 0 Å². The summed E-state index contributed by atoms with van der Waals surface area (Å²) in [6.07, 6.45) is 0. The van der Waals surface area contributed by atoms with E-state index < -0.39 is 39.2 Å². The number of fused-ring (bicyclic) bond motifs is 2. The SMILES string of the molecule is O=C1c2ccc(Nc3ccccc3)cc2C(=O)c2c1cc([N+](=O)[O-])c(O)c2O. The Kier molecular flexibility index (Phi) is 3.82. The molecule has 1 aliphatic carbocycles. The standard InChI is InChI=1S/C20H12N2O6/c23-17-12-7-6-11(21-10-4-2-1-3-5-10)8-13(12)18(24)16-14(17)9-15(22(27)28)19(25)20(16)26/h1-9,21,25-26H. The summed E-state index contributed by atoms with van der Waals surface area (Å²) >= 11 is 0. The number of aromatic hydroxyl groups is 2. The molecular formula is C20H12N2O6. The van der Waals surface area contributed by atoms with E-state index in [0.717, 1.165) is 11.8 Å². The second-order valence-corrected chi connectivity index (χ2v) is 6.18. The smallest absolute Gasteiger partial charge is 0.315 e. The van der Waals surface area contributed by atoms with Crippen molar-refractivity contribution < 1.29 is 24.7 Å². The summed E-state index contributed by atoms with van der Waals surface area (Å²) in [5.74, 6) is -3.38.